The first-order valence-corrected chi connectivity index (χ1v) is 13.0. The normalized spacial score (nSPS) is 15.8. The minimum absolute atomic E-state index is 0.0887. The summed E-state index contributed by atoms with van der Waals surface area (Å²) in [5.41, 5.74) is 5.82. The molecule has 1 fully saturated rings. The van der Waals surface area contributed by atoms with Crippen LogP contribution in [0.25, 0.3) is 10.9 Å². The Hall–Kier alpha value is -4.17. The lowest BCUT2D eigenvalue weighted by Gasteiger charge is -2.33. The number of nitrogens with one attached hydrogen (secondary N) is 3. The van der Waals surface area contributed by atoms with E-state index in [-0.39, 0.29) is 24.7 Å². The molecule has 8 nitrogen and oxygen atoms in total. The van der Waals surface area contributed by atoms with Crippen LogP contribution in [-0.4, -0.2) is 53.2 Å². The summed E-state index contributed by atoms with van der Waals surface area (Å²) in [5.74, 6) is -0.397. The second kappa shape index (κ2) is 11.9. The monoisotopic (exact) mass is 511 g/mol. The van der Waals surface area contributed by atoms with Gasteiger partial charge < -0.3 is 15.4 Å². The van der Waals surface area contributed by atoms with Gasteiger partial charge in [-0.3, -0.25) is 19.6 Å². The van der Waals surface area contributed by atoms with Gasteiger partial charge in [0.25, 0.3) is 0 Å². The van der Waals surface area contributed by atoms with Gasteiger partial charge in [0.15, 0.2) is 0 Å². The van der Waals surface area contributed by atoms with Crippen LogP contribution in [0.1, 0.15) is 29.5 Å². The maximum absolute atomic E-state index is 12.7. The molecule has 5 rings (SSSR count). The number of amides is 1. The zero-order valence-electron chi connectivity index (χ0n) is 21.6. The van der Waals surface area contributed by atoms with Crippen LogP contribution in [0.5, 0.6) is 0 Å². The number of carbonyl (C=O) groups excluding carboxylic acids is 2. The van der Waals surface area contributed by atoms with Gasteiger partial charge in [0, 0.05) is 35.9 Å². The van der Waals surface area contributed by atoms with Crippen molar-refractivity contribution in [3.63, 3.8) is 0 Å². The lowest BCUT2D eigenvalue weighted by molar-refractivity contribution is -0.139. The third-order valence-electron chi connectivity index (χ3n) is 6.87. The van der Waals surface area contributed by atoms with Gasteiger partial charge in [0.2, 0.25) is 5.91 Å². The van der Waals surface area contributed by atoms with Crippen molar-refractivity contribution in [3.8, 4) is 0 Å². The summed E-state index contributed by atoms with van der Waals surface area (Å²) in [7, 11) is 1.37. The van der Waals surface area contributed by atoms with E-state index in [1.165, 1.54) is 12.7 Å². The van der Waals surface area contributed by atoms with Gasteiger partial charge in [-0.1, -0.05) is 36.4 Å². The molecule has 0 bridgehead atoms. The fourth-order valence-electron chi connectivity index (χ4n) is 5.07. The maximum atomic E-state index is 12.7. The molecule has 0 saturated carbocycles. The van der Waals surface area contributed by atoms with E-state index < -0.39 is 0 Å². The summed E-state index contributed by atoms with van der Waals surface area (Å²) in [6, 6.07) is 22.2. The summed E-state index contributed by atoms with van der Waals surface area (Å²) in [4.78, 5) is 26.7. The number of aromatic amines is 1. The first-order valence-electron chi connectivity index (χ1n) is 13.0. The number of esters is 1. The highest BCUT2D eigenvalue weighted by Gasteiger charge is 2.20. The van der Waals surface area contributed by atoms with Crippen molar-refractivity contribution < 1.29 is 14.3 Å². The Morgan fingerprint density at radius 3 is 2.68 bits per heavy atom. The number of carbonyl (C=O) groups is 2. The molecule has 3 N–H and O–H groups in total. The Kier molecular flexibility index (Phi) is 7.99. The van der Waals surface area contributed by atoms with Crippen LogP contribution < -0.4 is 10.6 Å². The fraction of sp³-hybridized carbons (Fsp3) is 0.300. The third-order valence-corrected chi connectivity index (χ3v) is 6.87. The van der Waals surface area contributed by atoms with Crippen LogP contribution in [0.3, 0.4) is 0 Å². The number of piperidine rings is 1. The molecule has 4 aromatic rings. The van der Waals surface area contributed by atoms with Crippen LogP contribution in [0.4, 0.5) is 11.4 Å². The molecule has 1 unspecified atom stereocenters. The molecule has 1 aromatic heterocycles. The van der Waals surface area contributed by atoms with E-state index in [1.54, 1.807) is 6.07 Å². The summed E-state index contributed by atoms with van der Waals surface area (Å²) in [6.07, 6.45) is 4.59. The number of H-pyrrole nitrogens is 1. The van der Waals surface area contributed by atoms with Crippen molar-refractivity contribution in [1.29, 1.82) is 0 Å². The van der Waals surface area contributed by atoms with E-state index >= 15 is 0 Å². The smallest absolute Gasteiger partial charge is 0.309 e. The number of nitrogens with zero attached hydrogens (tertiary/aromatic N) is 2. The summed E-state index contributed by atoms with van der Waals surface area (Å²) in [5, 5.41) is 14.9. The van der Waals surface area contributed by atoms with Gasteiger partial charge in [-0.25, -0.2) is 0 Å². The van der Waals surface area contributed by atoms with E-state index in [2.05, 4.69) is 56.1 Å². The predicted molar refractivity (Wildman–Crippen MR) is 149 cm³/mol. The summed E-state index contributed by atoms with van der Waals surface area (Å²) < 4.78 is 4.73. The van der Waals surface area contributed by atoms with Crippen molar-refractivity contribution in [2.45, 2.75) is 38.3 Å². The molecule has 0 radical (unpaired) electrons. The number of rotatable bonds is 9. The zero-order chi connectivity index (χ0) is 26.3. The quantitative estimate of drug-likeness (QED) is 0.286. The first kappa shape index (κ1) is 25.5. The summed E-state index contributed by atoms with van der Waals surface area (Å²) in [6.45, 7) is 2.88. The number of benzene rings is 3. The molecule has 196 valence electrons. The molecule has 8 heteroatoms. The van der Waals surface area contributed by atoms with Gasteiger partial charge in [0.05, 0.1) is 31.7 Å². The molecule has 1 amide bonds. The highest BCUT2D eigenvalue weighted by Crippen LogP contribution is 2.22. The van der Waals surface area contributed by atoms with E-state index in [0.29, 0.717) is 11.7 Å². The molecule has 1 atom stereocenters. The van der Waals surface area contributed by atoms with Crippen molar-refractivity contribution in [2.75, 3.05) is 30.8 Å². The van der Waals surface area contributed by atoms with E-state index in [1.807, 2.05) is 36.5 Å². The van der Waals surface area contributed by atoms with Crippen LogP contribution in [0.15, 0.2) is 72.9 Å². The van der Waals surface area contributed by atoms with Gasteiger partial charge >= 0.3 is 5.97 Å². The Morgan fingerprint density at radius 1 is 1.00 bits per heavy atom. The number of fused-ring (bicyclic) bond motifs is 1. The molecule has 1 saturated heterocycles. The molecule has 0 aliphatic carbocycles. The number of hydrogen-bond acceptors (Lipinski definition) is 6. The lowest BCUT2D eigenvalue weighted by Crippen LogP contribution is -2.41. The molecule has 1 aliphatic rings. The highest BCUT2D eigenvalue weighted by molar-refractivity contribution is 5.92. The molecule has 3 aromatic carbocycles. The topological polar surface area (TPSA) is 99.4 Å². The minimum atomic E-state index is -0.308. The molecule has 38 heavy (non-hydrogen) atoms. The zero-order valence-corrected chi connectivity index (χ0v) is 21.6. The van der Waals surface area contributed by atoms with Gasteiger partial charge in [-0.2, -0.15) is 5.10 Å². The van der Waals surface area contributed by atoms with Crippen LogP contribution >= 0.6 is 0 Å². The number of hydrogen-bond donors (Lipinski definition) is 3. The van der Waals surface area contributed by atoms with Crippen molar-refractivity contribution in [3.05, 3.63) is 89.6 Å². The van der Waals surface area contributed by atoms with Gasteiger partial charge in [-0.15, -0.1) is 0 Å². The van der Waals surface area contributed by atoms with Crippen molar-refractivity contribution >= 4 is 34.2 Å². The molecule has 1 aliphatic heterocycles. The number of aromatic nitrogens is 2. The van der Waals surface area contributed by atoms with E-state index in [4.69, 9.17) is 4.74 Å². The number of anilines is 2. The Bertz CT molecular complexity index is 1420. The molecular weight excluding hydrogens is 478 g/mol. The predicted octanol–water partition coefficient (Wildman–Crippen LogP) is 4.54. The third kappa shape index (κ3) is 6.77. The van der Waals surface area contributed by atoms with Crippen LogP contribution in [0, 0.1) is 0 Å². The molecular formula is C30H33N5O3. The van der Waals surface area contributed by atoms with Gasteiger partial charge in [0.1, 0.15) is 0 Å². The Balaban J connectivity index is 1.15. The Morgan fingerprint density at radius 2 is 1.82 bits per heavy atom. The average Bonchev–Trinajstić information content (AvgIpc) is 3.37. The van der Waals surface area contributed by atoms with Crippen LogP contribution in [-0.2, 0) is 33.7 Å². The Labute approximate surface area is 222 Å². The van der Waals surface area contributed by atoms with Crippen molar-refractivity contribution in [2.24, 2.45) is 0 Å². The molecule has 0 spiro atoms. The molecule has 2 heterocycles. The van der Waals surface area contributed by atoms with E-state index in [9.17, 15) is 9.59 Å². The average molecular weight is 512 g/mol. The van der Waals surface area contributed by atoms with Gasteiger partial charge in [-0.05, 0) is 66.4 Å². The second-order valence-electron chi connectivity index (χ2n) is 9.89. The van der Waals surface area contributed by atoms with Crippen molar-refractivity contribution in [1.82, 2.24) is 15.1 Å². The highest BCUT2D eigenvalue weighted by atomic mass is 16.5. The fourth-order valence-corrected chi connectivity index (χ4v) is 5.07. The SMILES string of the molecule is COC(=O)Cc1cccc(NC(=O)Cc2cccc(CN3CCCC(Nc4ccc5[nH]ncc5c4)C3)c2)c1. The van der Waals surface area contributed by atoms with Crippen LogP contribution in [0.2, 0.25) is 0 Å². The van der Waals surface area contributed by atoms with E-state index in [0.717, 1.165) is 60.2 Å². The number of ether oxygens (including phenoxy) is 1. The first-order chi connectivity index (χ1) is 18.5. The lowest BCUT2D eigenvalue weighted by atomic mass is 10.0. The standard InChI is InChI=1S/C30H33N5O3/c1-38-30(37)16-22-6-3-8-25(14-22)33-29(36)15-21-5-2-7-23(13-21)19-35-12-4-9-27(20-35)32-26-10-11-28-24(17-26)18-31-34-28/h2-3,5-8,10-11,13-14,17-18,27,32H,4,9,12,15-16,19-20H2,1H3,(H,31,34)(H,33,36). The largest absolute Gasteiger partial charge is 0.469 e. The number of methoxy groups -OCH3 is 1. The number of likely N-dealkylation sites (tertiary alicyclic amines) is 1. The second-order valence-corrected chi connectivity index (χ2v) is 9.89. The summed E-state index contributed by atoms with van der Waals surface area (Å²) >= 11 is 0. The maximum Gasteiger partial charge on any atom is 0.309 e. The minimum Gasteiger partial charge on any atom is -0.469 e.